The van der Waals surface area contributed by atoms with E-state index in [4.69, 9.17) is 4.74 Å². The van der Waals surface area contributed by atoms with Crippen LogP contribution in [-0.4, -0.2) is 0 Å². The van der Waals surface area contributed by atoms with Gasteiger partial charge in [-0.25, -0.2) is 0 Å². The normalized spacial score (nSPS) is 12.1. The molecular weight excluding hydrogens is 617 g/mol. The SMILES string of the molecule is c1ccc(-c2ccc3c(c2)Oc2ccc(-c4cccc(-c5cc6ccc7ccc(-c8ccccc8)c8ccc(c5)c6c78)c4)c4cccc-3c24)cc1. The van der Waals surface area contributed by atoms with Gasteiger partial charge >= 0.3 is 0 Å². The van der Waals surface area contributed by atoms with Crippen LogP contribution in [0.4, 0.5) is 0 Å². The van der Waals surface area contributed by atoms with Crippen molar-refractivity contribution in [2.45, 2.75) is 0 Å². The maximum Gasteiger partial charge on any atom is 0.135 e. The molecule has 10 aromatic carbocycles. The van der Waals surface area contributed by atoms with E-state index in [9.17, 15) is 0 Å². The molecule has 1 heterocycles. The smallest absolute Gasteiger partial charge is 0.135 e. The summed E-state index contributed by atoms with van der Waals surface area (Å²) in [6.07, 6.45) is 0. The van der Waals surface area contributed by atoms with Gasteiger partial charge in [-0.2, -0.15) is 0 Å². The summed E-state index contributed by atoms with van der Waals surface area (Å²) in [4.78, 5) is 0. The van der Waals surface area contributed by atoms with Gasteiger partial charge in [0.1, 0.15) is 11.5 Å². The Kier molecular flexibility index (Phi) is 6.02. The minimum atomic E-state index is 0.900. The van der Waals surface area contributed by atoms with E-state index in [1.54, 1.807) is 0 Å². The first-order chi connectivity index (χ1) is 25.3. The van der Waals surface area contributed by atoms with Crippen molar-refractivity contribution in [3.63, 3.8) is 0 Å². The van der Waals surface area contributed by atoms with Gasteiger partial charge in [-0.3, -0.25) is 0 Å². The van der Waals surface area contributed by atoms with Crippen LogP contribution in [0.25, 0.3) is 98.7 Å². The van der Waals surface area contributed by atoms with Crippen LogP contribution in [-0.2, 0) is 0 Å². The zero-order valence-corrected chi connectivity index (χ0v) is 27.7. The number of benzene rings is 10. The molecule has 10 aromatic rings. The van der Waals surface area contributed by atoms with Crippen LogP contribution < -0.4 is 4.74 Å². The molecule has 0 saturated heterocycles. The Morgan fingerprint density at radius 3 is 1.71 bits per heavy atom. The molecule has 0 atom stereocenters. The summed E-state index contributed by atoms with van der Waals surface area (Å²) in [7, 11) is 0. The molecule has 236 valence electrons. The minimum absolute atomic E-state index is 0.900. The second kappa shape index (κ2) is 10.9. The first-order valence-electron chi connectivity index (χ1n) is 17.6. The van der Waals surface area contributed by atoms with Crippen LogP contribution >= 0.6 is 0 Å². The highest BCUT2D eigenvalue weighted by Crippen LogP contribution is 2.50. The molecule has 0 saturated carbocycles. The lowest BCUT2D eigenvalue weighted by molar-refractivity contribution is 0.487. The van der Waals surface area contributed by atoms with Crippen molar-refractivity contribution in [2.24, 2.45) is 0 Å². The van der Waals surface area contributed by atoms with Crippen LogP contribution in [0, 0.1) is 0 Å². The largest absolute Gasteiger partial charge is 0.456 e. The summed E-state index contributed by atoms with van der Waals surface area (Å²) < 4.78 is 6.62. The van der Waals surface area contributed by atoms with Crippen molar-refractivity contribution in [3.8, 4) is 67.1 Å². The van der Waals surface area contributed by atoms with E-state index in [0.717, 1.165) is 28.0 Å². The average Bonchev–Trinajstić information content (AvgIpc) is 3.20. The zero-order valence-electron chi connectivity index (χ0n) is 27.7. The number of rotatable bonds is 4. The molecule has 0 unspecified atom stereocenters. The molecule has 0 radical (unpaired) electrons. The quantitative estimate of drug-likeness (QED) is 0.173. The van der Waals surface area contributed by atoms with Gasteiger partial charge in [0.05, 0.1) is 0 Å². The van der Waals surface area contributed by atoms with E-state index in [1.165, 1.54) is 82.2 Å². The lowest BCUT2D eigenvalue weighted by Gasteiger charge is -2.23. The van der Waals surface area contributed by atoms with Crippen LogP contribution in [0.15, 0.2) is 182 Å². The molecule has 0 aromatic heterocycles. The Hall–Kier alpha value is -6.70. The summed E-state index contributed by atoms with van der Waals surface area (Å²) in [5.41, 5.74) is 12.0. The molecule has 0 bridgehead atoms. The highest BCUT2D eigenvalue weighted by atomic mass is 16.5. The molecule has 0 spiro atoms. The summed E-state index contributed by atoms with van der Waals surface area (Å²) >= 11 is 0. The molecule has 0 fully saturated rings. The Labute approximate surface area is 296 Å². The molecule has 0 N–H and O–H groups in total. The standard InChI is InChI=1S/C50H30O/c1-3-9-31(10-4-1)35-20-23-42-44-16-8-15-43-41(25-26-46(50(43)44)51-47(42)30-35)36-14-7-13-34(27-36)39-28-37-18-17-33-19-22-40(32-11-5-2-6-12-32)45-24-21-38(29-39)48(37)49(33)45/h1-30H. The highest BCUT2D eigenvalue weighted by molar-refractivity contribution is 6.26. The Morgan fingerprint density at radius 2 is 0.863 bits per heavy atom. The van der Waals surface area contributed by atoms with E-state index >= 15 is 0 Å². The van der Waals surface area contributed by atoms with Crippen molar-refractivity contribution in [3.05, 3.63) is 182 Å². The summed E-state index contributed by atoms with van der Waals surface area (Å²) in [5, 5.41) is 10.2. The molecule has 0 amide bonds. The van der Waals surface area contributed by atoms with E-state index < -0.39 is 0 Å². The third-order valence-corrected chi connectivity index (χ3v) is 10.8. The molecule has 11 rings (SSSR count). The predicted molar refractivity (Wildman–Crippen MR) is 215 cm³/mol. The predicted octanol–water partition coefficient (Wildman–Crippen LogP) is 14.2. The molecular formula is C50H30O. The lowest BCUT2D eigenvalue weighted by atomic mass is 9.87. The summed E-state index contributed by atoms with van der Waals surface area (Å²) in [5.74, 6) is 1.80. The third kappa shape index (κ3) is 4.35. The van der Waals surface area contributed by atoms with Gasteiger partial charge in [0.2, 0.25) is 0 Å². The van der Waals surface area contributed by atoms with E-state index in [2.05, 4.69) is 182 Å². The first-order valence-corrected chi connectivity index (χ1v) is 17.6. The van der Waals surface area contributed by atoms with Gasteiger partial charge in [0.15, 0.2) is 0 Å². The van der Waals surface area contributed by atoms with Crippen molar-refractivity contribution >= 4 is 43.1 Å². The number of fused-ring (bicyclic) bond motifs is 2. The maximum absolute atomic E-state index is 6.62. The number of ether oxygens (including phenoxy) is 1. The van der Waals surface area contributed by atoms with Gasteiger partial charge < -0.3 is 4.74 Å². The molecule has 0 aliphatic carbocycles. The van der Waals surface area contributed by atoms with Crippen LogP contribution in [0.3, 0.4) is 0 Å². The fourth-order valence-corrected chi connectivity index (χ4v) is 8.42. The molecule has 1 nitrogen and oxygen atoms in total. The Balaban J connectivity index is 1.02. The summed E-state index contributed by atoms with van der Waals surface area (Å²) in [6.45, 7) is 0. The van der Waals surface area contributed by atoms with Crippen LogP contribution in [0.1, 0.15) is 0 Å². The van der Waals surface area contributed by atoms with E-state index in [1.807, 2.05) is 0 Å². The molecule has 1 heteroatoms. The van der Waals surface area contributed by atoms with Crippen LogP contribution in [0.2, 0.25) is 0 Å². The minimum Gasteiger partial charge on any atom is -0.456 e. The van der Waals surface area contributed by atoms with Crippen molar-refractivity contribution in [2.75, 3.05) is 0 Å². The highest BCUT2D eigenvalue weighted by Gasteiger charge is 2.22. The van der Waals surface area contributed by atoms with Gasteiger partial charge in [-0.15, -0.1) is 0 Å². The number of hydrogen-bond donors (Lipinski definition) is 0. The van der Waals surface area contributed by atoms with Gasteiger partial charge in [0, 0.05) is 10.9 Å². The topological polar surface area (TPSA) is 9.23 Å². The lowest BCUT2D eigenvalue weighted by Crippen LogP contribution is -1.98. The van der Waals surface area contributed by atoms with Gasteiger partial charge in [-0.1, -0.05) is 146 Å². The monoisotopic (exact) mass is 646 g/mol. The van der Waals surface area contributed by atoms with E-state index in [0.29, 0.717) is 0 Å². The van der Waals surface area contributed by atoms with Crippen molar-refractivity contribution < 1.29 is 4.74 Å². The summed E-state index contributed by atoms with van der Waals surface area (Å²) in [6, 6.07) is 66.2. The van der Waals surface area contributed by atoms with E-state index in [-0.39, 0.29) is 0 Å². The average molecular weight is 647 g/mol. The Bertz CT molecular complexity index is 2960. The second-order valence-corrected chi connectivity index (χ2v) is 13.7. The first kappa shape index (κ1) is 28.2. The number of hydrogen-bond acceptors (Lipinski definition) is 1. The third-order valence-electron chi connectivity index (χ3n) is 10.8. The fourth-order valence-electron chi connectivity index (χ4n) is 8.42. The van der Waals surface area contributed by atoms with Crippen molar-refractivity contribution in [1.82, 2.24) is 0 Å². The molecule has 51 heavy (non-hydrogen) atoms. The van der Waals surface area contributed by atoms with Crippen LogP contribution in [0.5, 0.6) is 11.5 Å². The molecule has 1 aliphatic rings. The fraction of sp³-hybridized carbons (Fsp3) is 0. The zero-order chi connectivity index (χ0) is 33.5. The van der Waals surface area contributed by atoms with Gasteiger partial charge in [-0.05, 0) is 124 Å². The molecule has 1 aliphatic heterocycles. The Morgan fingerprint density at radius 1 is 0.255 bits per heavy atom. The second-order valence-electron chi connectivity index (χ2n) is 13.7. The maximum atomic E-state index is 6.62. The van der Waals surface area contributed by atoms with Gasteiger partial charge in [0.25, 0.3) is 0 Å². The van der Waals surface area contributed by atoms with Crippen molar-refractivity contribution in [1.29, 1.82) is 0 Å².